The lowest BCUT2D eigenvalue weighted by atomic mass is 10.1. The van der Waals surface area contributed by atoms with E-state index in [-0.39, 0.29) is 0 Å². The molecule has 4 aromatic heterocycles. The van der Waals surface area contributed by atoms with Crippen LogP contribution in [0, 0.1) is 0 Å². The Morgan fingerprint density at radius 3 is 3.15 bits per heavy atom. The predicted octanol–water partition coefficient (Wildman–Crippen LogP) is 2.24. The summed E-state index contributed by atoms with van der Waals surface area (Å²) in [7, 11) is 0. The van der Waals surface area contributed by atoms with Crippen LogP contribution in [0.2, 0.25) is 0 Å². The molecule has 1 atom stereocenters. The van der Waals surface area contributed by atoms with Crippen molar-refractivity contribution in [3.8, 4) is 0 Å². The number of aromatic amines is 1. The number of nitrogens with one attached hydrogen (secondary N) is 2. The molecular formula is C18H18N8O. The van der Waals surface area contributed by atoms with E-state index >= 15 is 0 Å². The highest BCUT2D eigenvalue weighted by atomic mass is 16.5. The van der Waals surface area contributed by atoms with Crippen molar-refractivity contribution >= 4 is 22.8 Å². The molecule has 0 unspecified atom stereocenters. The summed E-state index contributed by atoms with van der Waals surface area (Å²) in [5.74, 6) is 1.74. The molecule has 1 fully saturated rings. The third-order valence-corrected chi connectivity index (χ3v) is 4.65. The summed E-state index contributed by atoms with van der Waals surface area (Å²) in [6.45, 7) is 2.13. The first-order chi connectivity index (χ1) is 13.3. The molecule has 0 saturated carbocycles. The second-order valence-electron chi connectivity index (χ2n) is 6.52. The monoisotopic (exact) mass is 362 g/mol. The van der Waals surface area contributed by atoms with Gasteiger partial charge in [0, 0.05) is 36.7 Å². The summed E-state index contributed by atoms with van der Waals surface area (Å²) >= 11 is 0. The van der Waals surface area contributed by atoms with Crippen molar-refractivity contribution in [3.05, 3.63) is 54.2 Å². The average molecular weight is 362 g/mol. The molecule has 0 radical (unpaired) electrons. The highest BCUT2D eigenvalue weighted by Gasteiger charge is 2.20. The fourth-order valence-corrected chi connectivity index (χ4v) is 3.25. The minimum absolute atomic E-state index is 0.380. The Balaban J connectivity index is 1.38. The van der Waals surface area contributed by atoms with Gasteiger partial charge in [0.15, 0.2) is 17.3 Å². The van der Waals surface area contributed by atoms with Crippen LogP contribution in [0.1, 0.15) is 23.7 Å². The average Bonchev–Trinajstić information content (AvgIpc) is 3.44. The molecule has 1 saturated heterocycles. The number of rotatable bonds is 5. The largest absolute Gasteiger partial charge is 0.381 e. The molecule has 0 aromatic carbocycles. The van der Waals surface area contributed by atoms with E-state index in [1.807, 2.05) is 35.0 Å². The Labute approximate surface area is 154 Å². The molecule has 9 heteroatoms. The Kier molecular flexibility index (Phi) is 3.98. The van der Waals surface area contributed by atoms with Gasteiger partial charge in [-0.2, -0.15) is 15.3 Å². The first kappa shape index (κ1) is 15.9. The van der Waals surface area contributed by atoms with Gasteiger partial charge in [-0.1, -0.05) is 0 Å². The van der Waals surface area contributed by atoms with Crippen LogP contribution >= 0.6 is 0 Å². The standard InChI is InChI=1S/C18H18N8O/c1-2-13(23-20-5-1)10-26-6-3-14-18(26)22-17(9-19-14)21-16-8-15(24-25-16)12-4-7-27-11-12/h1-3,5-6,8-9,12H,4,7,10-11H2,(H2,21,22,24,25)/t12-/m1/s1. The normalized spacial score (nSPS) is 16.8. The number of anilines is 2. The second kappa shape index (κ2) is 6.76. The minimum Gasteiger partial charge on any atom is -0.381 e. The summed E-state index contributed by atoms with van der Waals surface area (Å²) in [5, 5.41) is 18.7. The van der Waals surface area contributed by atoms with Crippen molar-refractivity contribution in [3.63, 3.8) is 0 Å². The number of nitrogens with zero attached hydrogens (tertiary/aromatic N) is 6. The third kappa shape index (κ3) is 3.24. The number of hydrogen-bond acceptors (Lipinski definition) is 7. The lowest BCUT2D eigenvalue weighted by Crippen LogP contribution is -2.03. The first-order valence-corrected chi connectivity index (χ1v) is 8.84. The Bertz CT molecular complexity index is 1050. The third-order valence-electron chi connectivity index (χ3n) is 4.65. The van der Waals surface area contributed by atoms with Crippen LogP contribution in [0.3, 0.4) is 0 Å². The molecule has 5 heterocycles. The minimum atomic E-state index is 0.380. The van der Waals surface area contributed by atoms with Crippen molar-refractivity contribution in [2.24, 2.45) is 0 Å². The van der Waals surface area contributed by atoms with Gasteiger partial charge in [0.05, 0.1) is 25.0 Å². The molecule has 1 aliphatic heterocycles. The van der Waals surface area contributed by atoms with Crippen LogP contribution in [0.5, 0.6) is 0 Å². The van der Waals surface area contributed by atoms with E-state index in [0.29, 0.717) is 18.3 Å². The van der Waals surface area contributed by atoms with Crippen LogP contribution < -0.4 is 5.32 Å². The molecule has 0 aliphatic carbocycles. The maximum absolute atomic E-state index is 5.44. The Morgan fingerprint density at radius 2 is 2.30 bits per heavy atom. The van der Waals surface area contributed by atoms with Gasteiger partial charge >= 0.3 is 0 Å². The Morgan fingerprint density at radius 1 is 1.30 bits per heavy atom. The van der Waals surface area contributed by atoms with Gasteiger partial charge in [0.25, 0.3) is 0 Å². The fourth-order valence-electron chi connectivity index (χ4n) is 3.25. The molecule has 4 aromatic rings. The summed E-state index contributed by atoms with van der Waals surface area (Å²) in [6, 6.07) is 7.75. The van der Waals surface area contributed by atoms with E-state index < -0.39 is 0 Å². The molecule has 0 spiro atoms. The molecule has 27 heavy (non-hydrogen) atoms. The van der Waals surface area contributed by atoms with Crippen molar-refractivity contribution in [1.29, 1.82) is 0 Å². The predicted molar refractivity (Wildman–Crippen MR) is 98.7 cm³/mol. The van der Waals surface area contributed by atoms with Crippen LogP contribution in [0.15, 0.2) is 42.9 Å². The molecule has 1 aliphatic rings. The van der Waals surface area contributed by atoms with Crippen LogP contribution in [-0.2, 0) is 11.3 Å². The maximum Gasteiger partial charge on any atom is 0.161 e. The van der Waals surface area contributed by atoms with Crippen molar-refractivity contribution < 1.29 is 4.74 Å². The molecular weight excluding hydrogens is 344 g/mol. The van der Waals surface area contributed by atoms with E-state index in [1.165, 1.54) is 0 Å². The summed E-state index contributed by atoms with van der Waals surface area (Å²) in [4.78, 5) is 9.18. The van der Waals surface area contributed by atoms with E-state index in [4.69, 9.17) is 9.72 Å². The maximum atomic E-state index is 5.44. The molecule has 9 nitrogen and oxygen atoms in total. The van der Waals surface area contributed by atoms with Crippen molar-refractivity contribution in [2.45, 2.75) is 18.9 Å². The number of fused-ring (bicyclic) bond motifs is 1. The molecule has 5 rings (SSSR count). The zero-order valence-electron chi connectivity index (χ0n) is 14.5. The number of aromatic nitrogens is 7. The van der Waals surface area contributed by atoms with Gasteiger partial charge in [0.2, 0.25) is 0 Å². The van der Waals surface area contributed by atoms with E-state index in [9.17, 15) is 0 Å². The zero-order valence-corrected chi connectivity index (χ0v) is 14.5. The van der Waals surface area contributed by atoms with Gasteiger partial charge in [-0.15, -0.1) is 0 Å². The van der Waals surface area contributed by atoms with E-state index in [1.54, 1.807) is 12.4 Å². The van der Waals surface area contributed by atoms with Crippen molar-refractivity contribution in [1.82, 2.24) is 34.9 Å². The highest BCUT2D eigenvalue weighted by Crippen LogP contribution is 2.26. The number of hydrogen-bond donors (Lipinski definition) is 2. The summed E-state index contributed by atoms with van der Waals surface area (Å²) in [5.41, 5.74) is 3.56. The van der Waals surface area contributed by atoms with E-state index in [0.717, 1.165) is 48.0 Å². The highest BCUT2D eigenvalue weighted by molar-refractivity contribution is 5.73. The first-order valence-electron chi connectivity index (χ1n) is 8.84. The van der Waals surface area contributed by atoms with Gasteiger partial charge < -0.3 is 14.6 Å². The van der Waals surface area contributed by atoms with Crippen LogP contribution in [0.25, 0.3) is 11.2 Å². The summed E-state index contributed by atoms with van der Waals surface area (Å²) < 4.78 is 7.44. The smallest absolute Gasteiger partial charge is 0.161 e. The molecule has 0 amide bonds. The number of H-pyrrole nitrogens is 1. The molecule has 0 bridgehead atoms. The molecule has 136 valence electrons. The van der Waals surface area contributed by atoms with Crippen molar-refractivity contribution in [2.75, 3.05) is 18.5 Å². The number of ether oxygens (including phenoxy) is 1. The van der Waals surface area contributed by atoms with Gasteiger partial charge in [-0.3, -0.25) is 5.10 Å². The SMILES string of the molecule is c1cnnc(Cn2ccc3ncc(Nc4cc([C@@H]5CCOC5)[nH]n4)nc32)c1. The topological polar surface area (TPSA) is 106 Å². The van der Waals surface area contributed by atoms with Crippen LogP contribution in [-0.4, -0.2) is 48.1 Å². The lowest BCUT2D eigenvalue weighted by Gasteiger charge is -2.05. The zero-order chi connectivity index (χ0) is 18.1. The Hall–Kier alpha value is -3.33. The van der Waals surface area contributed by atoms with Gasteiger partial charge in [-0.05, 0) is 24.6 Å². The molecule has 2 N–H and O–H groups in total. The fraction of sp³-hybridized carbons (Fsp3) is 0.278. The van der Waals surface area contributed by atoms with Gasteiger partial charge in [-0.25, -0.2) is 9.97 Å². The van der Waals surface area contributed by atoms with Gasteiger partial charge in [0.1, 0.15) is 5.52 Å². The van der Waals surface area contributed by atoms with Crippen LogP contribution in [0.4, 0.5) is 11.6 Å². The van der Waals surface area contributed by atoms with E-state index in [2.05, 4.69) is 30.7 Å². The quantitative estimate of drug-likeness (QED) is 0.561. The summed E-state index contributed by atoms with van der Waals surface area (Å²) in [6.07, 6.45) is 6.34. The second-order valence-corrected chi connectivity index (χ2v) is 6.52. The lowest BCUT2D eigenvalue weighted by molar-refractivity contribution is 0.193.